The molecule has 0 bridgehead atoms. The van der Waals surface area contributed by atoms with Crippen molar-refractivity contribution in [3.63, 3.8) is 0 Å². The van der Waals surface area contributed by atoms with Crippen LogP contribution in [0.5, 0.6) is 11.5 Å². The third-order valence-electron chi connectivity index (χ3n) is 6.28. The number of allylic oxidation sites excluding steroid dienone is 1. The van der Waals surface area contributed by atoms with Gasteiger partial charge in [0.2, 0.25) is 0 Å². The van der Waals surface area contributed by atoms with Gasteiger partial charge in [-0.2, -0.15) is 0 Å². The average Bonchev–Trinajstić information content (AvgIpc) is 2.88. The Hall–Kier alpha value is -4.06. The number of ether oxygens (including phenoxy) is 2. The second-order valence-electron chi connectivity index (χ2n) is 9.89. The molecular formula is C31H34N2O4. The fourth-order valence-corrected chi connectivity index (χ4v) is 4.36. The average molecular weight is 499 g/mol. The van der Waals surface area contributed by atoms with Crippen molar-refractivity contribution in [1.29, 1.82) is 0 Å². The predicted octanol–water partition coefficient (Wildman–Crippen LogP) is 6.27. The first-order valence-corrected chi connectivity index (χ1v) is 12.6. The molecule has 6 heteroatoms. The van der Waals surface area contributed by atoms with E-state index < -0.39 is 0 Å². The van der Waals surface area contributed by atoms with E-state index in [0.29, 0.717) is 23.4 Å². The minimum absolute atomic E-state index is 0.154. The second kappa shape index (κ2) is 11.3. The van der Waals surface area contributed by atoms with Gasteiger partial charge in [0.15, 0.2) is 5.78 Å². The van der Waals surface area contributed by atoms with Crippen LogP contribution in [0.25, 0.3) is 5.70 Å². The summed E-state index contributed by atoms with van der Waals surface area (Å²) in [5, 5.41) is 6.38. The van der Waals surface area contributed by atoms with Crippen LogP contribution in [0.3, 0.4) is 0 Å². The van der Waals surface area contributed by atoms with E-state index >= 15 is 0 Å². The van der Waals surface area contributed by atoms with E-state index in [1.807, 2.05) is 12.1 Å². The Morgan fingerprint density at radius 2 is 1.76 bits per heavy atom. The Morgan fingerprint density at radius 1 is 1.00 bits per heavy atom. The first-order chi connectivity index (χ1) is 17.8. The van der Waals surface area contributed by atoms with Crippen LogP contribution in [0.1, 0.15) is 65.5 Å². The zero-order valence-electron chi connectivity index (χ0n) is 21.9. The normalized spacial score (nSPS) is 14.9. The van der Waals surface area contributed by atoms with Crippen molar-refractivity contribution in [1.82, 2.24) is 5.32 Å². The molecule has 0 fully saturated rings. The molecule has 0 aliphatic carbocycles. The summed E-state index contributed by atoms with van der Waals surface area (Å²) in [4.78, 5) is 26.0. The lowest BCUT2D eigenvalue weighted by atomic mass is 9.85. The zero-order valence-corrected chi connectivity index (χ0v) is 21.9. The molecule has 37 heavy (non-hydrogen) atoms. The highest BCUT2D eigenvalue weighted by molar-refractivity contribution is 6.10. The van der Waals surface area contributed by atoms with Crippen molar-refractivity contribution in [2.75, 3.05) is 19.0 Å². The molecule has 1 heterocycles. The Morgan fingerprint density at radius 3 is 2.49 bits per heavy atom. The van der Waals surface area contributed by atoms with E-state index in [1.54, 1.807) is 61.7 Å². The van der Waals surface area contributed by atoms with Gasteiger partial charge < -0.3 is 20.1 Å². The predicted molar refractivity (Wildman–Crippen MR) is 147 cm³/mol. The number of carbonyl (C=O) groups excluding carboxylic acids is 2. The van der Waals surface area contributed by atoms with Crippen LogP contribution in [0.2, 0.25) is 0 Å². The number of methoxy groups -OCH3 is 1. The number of fused-ring (bicyclic) bond motifs is 1. The third kappa shape index (κ3) is 6.58. The van der Waals surface area contributed by atoms with Crippen molar-refractivity contribution >= 4 is 23.1 Å². The molecule has 1 amide bonds. The Labute approximate surface area is 218 Å². The van der Waals surface area contributed by atoms with Gasteiger partial charge in [0.1, 0.15) is 11.5 Å². The van der Waals surface area contributed by atoms with Gasteiger partial charge in [-0.1, -0.05) is 31.5 Å². The molecule has 4 rings (SSSR count). The van der Waals surface area contributed by atoms with Gasteiger partial charge in [0.25, 0.3) is 5.91 Å². The van der Waals surface area contributed by atoms with E-state index in [9.17, 15) is 9.59 Å². The number of benzene rings is 3. The SMILES string of the molecule is CCCCOc1ccc(C(=O)Nc2cccc(C(=O)C=C3NC(C)(C)Cc4ccc(OC)cc43)c2)cc1. The highest BCUT2D eigenvalue weighted by atomic mass is 16.5. The molecule has 1 aliphatic heterocycles. The number of carbonyl (C=O) groups is 2. The first-order valence-electron chi connectivity index (χ1n) is 12.6. The summed E-state index contributed by atoms with van der Waals surface area (Å²) in [7, 11) is 1.63. The van der Waals surface area contributed by atoms with Gasteiger partial charge >= 0.3 is 0 Å². The molecule has 3 aromatic rings. The highest BCUT2D eigenvalue weighted by Gasteiger charge is 2.28. The highest BCUT2D eigenvalue weighted by Crippen LogP contribution is 2.32. The molecule has 6 nitrogen and oxygen atoms in total. The number of ketones is 1. The van der Waals surface area contributed by atoms with E-state index in [4.69, 9.17) is 9.47 Å². The van der Waals surface area contributed by atoms with Gasteiger partial charge in [-0.3, -0.25) is 9.59 Å². The molecule has 3 aromatic carbocycles. The summed E-state index contributed by atoms with van der Waals surface area (Å²) in [6.07, 6.45) is 4.51. The Kier molecular flexibility index (Phi) is 7.97. The van der Waals surface area contributed by atoms with Crippen molar-refractivity contribution < 1.29 is 19.1 Å². The number of hydrogen-bond acceptors (Lipinski definition) is 5. The van der Waals surface area contributed by atoms with Crippen molar-refractivity contribution in [2.24, 2.45) is 0 Å². The number of nitrogens with one attached hydrogen (secondary N) is 2. The van der Waals surface area contributed by atoms with E-state index in [0.717, 1.165) is 47.6 Å². The molecular weight excluding hydrogens is 464 g/mol. The maximum absolute atomic E-state index is 13.3. The number of amides is 1. The monoisotopic (exact) mass is 498 g/mol. The molecule has 0 unspecified atom stereocenters. The standard InChI is InChI=1S/C31H34N2O4/c1-5-6-16-37-25-13-10-21(11-14-25)30(35)32-24-9-7-8-22(17-24)29(34)19-28-27-18-26(36-4)15-12-23(27)20-31(2,3)33-28/h7-15,17-19,33H,5-6,16,20H2,1-4H3,(H,32,35). The first kappa shape index (κ1) is 26.0. The minimum Gasteiger partial charge on any atom is -0.497 e. The molecule has 0 aromatic heterocycles. The topological polar surface area (TPSA) is 76.7 Å². The van der Waals surface area contributed by atoms with E-state index in [-0.39, 0.29) is 17.2 Å². The number of anilines is 1. The third-order valence-corrected chi connectivity index (χ3v) is 6.28. The Balaban J connectivity index is 1.50. The molecule has 0 spiro atoms. The number of hydrogen-bond donors (Lipinski definition) is 2. The van der Waals surface area contributed by atoms with Crippen molar-refractivity contribution in [3.05, 3.63) is 95.1 Å². The Bertz CT molecular complexity index is 1310. The van der Waals surface area contributed by atoms with Crippen LogP contribution in [0.4, 0.5) is 5.69 Å². The lowest BCUT2D eigenvalue weighted by molar-refractivity contribution is 0.102. The summed E-state index contributed by atoms with van der Waals surface area (Å²) in [5.41, 5.74) is 4.23. The molecule has 0 saturated heterocycles. The largest absolute Gasteiger partial charge is 0.497 e. The molecule has 0 atom stereocenters. The zero-order chi connectivity index (χ0) is 26.4. The van der Waals surface area contributed by atoms with Crippen LogP contribution in [0, 0.1) is 0 Å². The quantitative estimate of drug-likeness (QED) is 0.206. The fourth-order valence-electron chi connectivity index (χ4n) is 4.36. The van der Waals surface area contributed by atoms with Crippen LogP contribution < -0.4 is 20.1 Å². The maximum Gasteiger partial charge on any atom is 0.255 e. The molecule has 0 saturated carbocycles. The molecule has 0 radical (unpaired) electrons. The lowest BCUT2D eigenvalue weighted by Crippen LogP contribution is -2.43. The summed E-state index contributed by atoms with van der Waals surface area (Å²) in [6, 6.07) is 20.0. The summed E-state index contributed by atoms with van der Waals surface area (Å²) in [5.74, 6) is 1.08. The minimum atomic E-state index is -0.250. The second-order valence-corrected chi connectivity index (χ2v) is 9.89. The van der Waals surface area contributed by atoms with Gasteiger partial charge in [-0.05, 0) is 80.8 Å². The van der Waals surface area contributed by atoms with Crippen molar-refractivity contribution in [2.45, 2.75) is 45.6 Å². The molecule has 192 valence electrons. The van der Waals surface area contributed by atoms with Gasteiger partial charge in [-0.15, -0.1) is 0 Å². The van der Waals surface area contributed by atoms with Crippen LogP contribution in [-0.2, 0) is 6.42 Å². The molecule has 1 aliphatic rings. The van der Waals surface area contributed by atoms with E-state index in [1.165, 1.54) is 0 Å². The summed E-state index contributed by atoms with van der Waals surface area (Å²) in [6.45, 7) is 6.99. The van der Waals surface area contributed by atoms with Crippen LogP contribution in [0.15, 0.2) is 72.8 Å². The molecule has 2 N–H and O–H groups in total. The summed E-state index contributed by atoms with van der Waals surface area (Å²) >= 11 is 0. The number of rotatable bonds is 9. The van der Waals surface area contributed by atoms with Crippen LogP contribution in [-0.4, -0.2) is 30.9 Å². The van der Waals surface area contributed by atoms with Crippen LogP contribution >= 0.6 is 0 Å². The number of unbranched alkanes of at least 4 members (excludes halogenated alkanes) is 1. The smallest absolute Gasteiger partial charge is 0.255 e. The lowest BCUT2D eigenvalue weighted by Gasteiger charge is -2.35. The fraction of sp³-hybridized carbons (Fsp3) is 0.290. The van der Waals surface area contributed by atoms with E-state index in [2.05, 4.69) is 37.5 Å². The van der Waals surface area contributed by atoms with Gasteiger partial charge in [0, 0.05) is 39.7 Å². The van der Waals surface area contributed by atoms with Crippen molar-refractivity contribution in [3.8, 4) is 11.5 Å². The van der Waals surface area contributed by atoms with Gasteiger partial charge in [0.05, 0.1) is 13.7 Å². The van der Waals surface area contributed by atoms with Gasteiger partial charge in [-0.25, -0.2) is 0 Å². The maximum atomic E-state index is 13.3. The summed E-state index contributed by atoms with van der Waals surface area (Å²) < 4.78 is 11.1.